The van der Waals surface area contributed by atoms with Crippen LogP contribution in [-0.2, 0) is 31.6 Å². The molecule has 1 saturated heterocycles. The Kier molecular flexibility index (Phi) is 7.20. The Hall–Kier alpha value is -1.03. The molecule has 29 heavy (non-hydrogen) atoms. The Morgan fingerprint density at radius 3 is 2.21 bits per heavy atom. The van der Waals surface area contributed by atoms with Crippen LogP contribution in [0.25, 0.3) is 0 Å². The van der Waals surface area contributed by atoms with E-state index in [1.54, 1.807) is 0 Å². The molecule has 1 fully saturated rings. The molecule has 0 bridgehead atoms. The third kappa shape index (κ3) is 6.73. The van der Waals surface area contributed by atoms with E-state index >= 15 is 0 Å². The SMILES string of the molecule is O=c1ccn([C@@H]2O[C@H](COP(=O)(O)OP(=O)(O)OP(=O)(O)O)C(O)C2O)c(=O)[nH]1. The highest BCUT2D eigenvalue weighted by atomic mass is 31.3. The number of nitrogens with zero attached hydrogens (tertiary/aromatic N) is 1. The molecular weight excluding hydrogens is 469 g/mol. The number of hydrogen-bond donors (Lipinski definition) is 7. The van der Waals surface area contributed by atoms with Crippen molar-refractivity contribution >= 4 is 23.5 Å². The number of aromatic amines is 1. The zero-order valence-electron chi connectivity index (χ0n) is 13.8. The van der Waals surface area contributed by atoms with Gasteiger partial charge in [-0.05, 0) is 0 Å². The van der Waals surface area contributed by atoms with Crippen LogP contribution >= 0.6 is 23.5 Å². The second-order valence-corrected chi connectivity index (χ2v) is 9.87. The molecule has 1 aliphatic rings. The lowest BCUT2D eigenvalue weighted by atomic mass is 10.1. The molecule has 0 radical (unpaired) electrons. The Balaban J connectivity index is 2.06. The lowest BCUT2D eigenvalue weighted by molar-refractivity contribution is -0.0542. The third-order valence-corrected chi connectivity index (χ3v) is 7.08. The molecular formula is C9H15N2O15P3. The van der Waals surface area contributed by atoms with Gasteiger partial charge in [0, 0.05) is 12.3 Å². The van der Waals surface area contributed by atoms with Crippen LogP contribution in [0.3, 0.4) is 0 Å². The van der Waals surface area contributed by atoms with E-state index in [0.29, 0.717) is 4.57 Å². The maximum Gasteiger partial charge on any atom is 0.490 e. The number of ether oxygens (including phenoxy) is 1. The molecule has 1 aromatic heterocycles. The van der Waals surface area contributed by atoms with Crippen molar-refractivity contribution in [3.8, 4) is 0 Å². The lowest BCUT2D eigenvalue weighted by Crippen LogP contribution is -2.37. The summed E-state index contributed by atoms with van der Waals surface area (Å²) in [4.78, 5) is 59.9. The fourth-order valence-corrected chi connectivity index (χ4v) is 5.23. The highest BCUT2D eigenvalue weighted by Gasteiger charge is 2.46. The molecule has 1 aliphatic heterocycles. The van der Waals surface area contributed by atoms with Crippen molar-refractivity contribution < 1.29 is 61.4 Å². The predicted octanol–water partition coefficient (Wildman–Crippen LogP) is -2.50. The molecule has 20 heteroatoms. The van der Waals surface area contributed by atoms with Crippen LogP contribution < -0.4 is 11.2 Å². The van der Waals surface area contributed by atoms with Gasteiger partial charge in [-0.2, -0.15) is 8.62 Å². The fourth-order valence-electron chi connectivity index (χ4n) is 2.20. The largest absolute Gasteiger partial charge is 0.490 e. The minimum atomic E-state index is -5.73. The molecule has 7 N–H and O–H groups in total. The molecule has 4 unspecified atom stereocenters. The number of phosphoric acid groups is 3. The maximum atomic E-state index is 11.7. The van der Waals surface area contributed by atoms with Gasteiger partial charge in [0.1, 0.15) is 18.3 Å². The van der Waals surface area contributed by atoms with Gasteiger partial charge in [0.05, 0.1) is 6.61 Å². The highest BCUT2D eigenvalue weighted by molar-refractivity contribution is 7.66. The van der Waals surface area contributed by atoms with Crippen molar-refractivity contribution in [2.45, 2.75) is 24.5 Å². The molecule has 0 aliphatic carbocycles. The van der Waals surface area contributed by atoms with Crippen molar-refractivity contribution in [2.75, 3.05) is 6.61 Å². The van der Waals surface area contributed by atoms with Crippen LogP contribution in [-0.4, -0.2) is 64.3 Å². The normalized spacial score (nSPS) is 29.3. The lowest BCUT2D eigenvalue weighted by Gasteiger charge is -2.19. The van der Waals surface area contributed by atoms with Crippen LogP contribution in [0.2, 0.25) is 0 Å². The van der Waals surface area contributed by atoms with E-state index in [0.717, 1.165) is 12.3 Å². The first-order valence-electron chi connectivity index (χ1n) is 7.22. The van der Waals surface area contributed by atoms with E-state index in [1.807, 2.05) is 4.98 Å². The summed E-state index contributed by atoms with van der Waals surface area (Å²) in [7, 11) is -16.8. The van der Waals surface area contributed by atoms with Crippen LogP contribution in [0, 0.1) is 0 Å². The molecule has 166 valence electrons. The summed E-state index contributed by atoms with van der Waals surface area (Å²) in [5.41, 5.74) is -1.74. The number of aliphatic hydroxyl groups is 2. The van der Waals surface area contributed by atoms with Crippen molar-refractivity contribution in [1.29, 1.82) is 0 Å². The topological polar surface area (TPSA) is 264 Å². The number of nitrogens with one attached hydrogen (secondary N) is 1. The Morgan fingerprint density at radius 2 is 1.66 bits per heavy atom. The number of aliphatic hydroxyl groups excluding tert-OH is 2. The van der Waals surface area contributed by atoms with Gasteiger partial charge in [-0.15, -0.1) is 0 Å². The van der Waals surface area contributed by atoms with Gasteiger partial charge >= 0.3 is 29.2 Å². The summed E-state index contributed by atoms with van der Waals surface area (Å²) < 4.78 is 50.6. The van der Waals surface area contributed by atoms with Crippen molar-refractivity contribution in [3.05, 3.63) is 33.1 Å². The number of rotatable bonds is 8. The van der Waals surface area contributed by atoms with E-state index in [1.165, 1.54) is 0 Å². The second-order valence-electron chi connectivity index (χ2n) is 5.45. The van der Waals surface area contributed by atoms with E-state index in [4.69, 9.17) is 19.4 Å². The smallest absolute Gasteiger partial charge is 0.387 e. The first-order chi connectivity index (χ1) is 13.1. The molecule has 0 spiro atoms. The zero-order chi connectivity index (χ0) is 22.2. The maximum absolute atomic E-state index is 11.7. The van der Waals surface area contributed by atoms with Crippen molar-refractivity contribution in [3.63, 3.8) is 0 Å². The molecule has 0 saturated carbocycles. The van der Waals surface area contributed by atoms with Gasteiger partial charge in [0.2, 0.25) is 0 Å². The van der Waals surface area contributed by atoms with E-state index in [-0.39, 0.29) is 0 Å². The zero-order valence-corrected chi connectivity index (χ0v) is 16.5. The first kappa shape index (κ1) is 24.2. The summed E-state index contributed by atoms with van der Waals surface area (Å²) in [5, 5.41) is 19.9. The molecule has 17 nitrogen and oxygen atoms in total. The number of phosphoric ester groups is 1. The highest BCUT2D eigenvalue weighted by Crippen LogP contribution is 2.66. The van der Waals surface area contributed by atoms with Gasteiger partial charge in [-0.1, -0.05) is 0 Å². The van der Waals surface area contributed by atoms with E-state index < -0.39 is 65.9 Å². The summed E-state index contributed by atoms with van der Waals surface area (Å²) in [6.07, 6.45) is -5.70. The van der Waals surface area contributed by atoms with Crippen LogP contribution in [0.1, 0.15) is 6.23 Å². The van der Waals surface area contributed by atoms with Crippen LogP contribution in [0.5, 0.6) is 0 Å². The molecule has 2 rings (SSSR count). The van der Waals surface area contributed by atoms with Gasteiger partial charge in [-0.25, -0.2) is 18.5 Å². The van der Waals surface area contributed by atoms with Gasteiger partial charge in [-0.3, -0.25) is 18.9 Å². The average molecular weight is 484 g/mol. The van der Waals surface area contributed by atoms with Crippen LogP contribution in [0.4, 0.5) is 0 Å². The number of aromatic nitrogens is 2. The second kappa shape index (κ2) is 8.61. The number of hydrogen-bond acceptors (Lipinski definition) is 11. The minimum absolute atomic E-state index is 0.708. The van der Waals surface area contributed by atoms with Gasteiger partial charge in [0.15, 0.2) is 6.23 Å². The fraction of sp³-hybridized carbons (Fsp3) is 0.556. The summed E-state index contributed by atoms with van der Waals surface area (Å²) in [6, 6.07) is 0.920. The summed E-state index contributed by atoms with van der Waals surface area (Å²) >= 11 is 0. The van der Waals surface area contributed by atoms with E-state index in [9.17, 15) is 38.4 Å². The van der Waals surface area contributed by atoms with Crippen molar-refractivity contribution in [2.24, 2.45) is 0 Å². The number of H-pyrrole nitrogens is 1. The van der Waals surface area contributed by atoms with E-state index in [2.05, 4.69) is 13.1 Å². The van der Waals surface area contributed by atoms with Gasteiger partial charge < -0.3 is 34.5 Å². The van der Waals surface area contributed by atoms with Gasteiger partial charge in [0.25, 0.3) is 5.56 Å². The first-order valence-corrected chi connectivity index (χ1v) is 11.7. The summed E-state index contributed by atoms with van der Waals surface area (Å²) in [5.74, 6) is 0. The van der Waals surface area contributed by atoms with Crippen molar-refractivity contribution in [1.82, 2.24) is 9.55 Å². The monoisotopic (exact) mass is 484 g/mol. The standard InChI is InChI=1S/C9H15N2O15P3/c12-5-1-2-11(9(15)10-5)8-7(14)6(13)4(24-8)3-23-28(19,20)26-29(21,22)25-27(16,17)18/h1-2,4,6-8,13-14H,3H2,(H,19,20)(H,21,22)(H,10,12,15)(H2,16,17,18)/t4-,6?,7?,8-/m1/s1. The average Bonchev–Trinajstić information content (AvgIpc) is 2.78. The molecule has 0 aromatic carbocycles. The molecule has 2 heterocycles. The molecule has 1 aromatic rings. The quantitative estimate of drug-likeness (QED) is 0.188. The Bertz CT molecular complexity index is 997. The summed E-state index contributed by atoms with van der Waals surface area (Å²) in [6.45, 7) is -1.05. The minimum Gasteiger partial charge on any atom is -0.387 e. The van der Waals surface area contributed by atoms with Crippen LogP contribution in [0.15, 0.2) is 21.9 Å². The molecule has 6 atom stereocenters. The third-order valence-electron chi connectivity index (χ3n) is 3.28. The Labute approximate surface area is 159 Å². The molecule has 0 amide bonds. The predicted molar refractivity (Wildman–Crippen MR) is 87.1 cm³/mol. The Morgan fingerprint density at radius 1 is 1.03 bits per heavy atom.